The van der Waals surface area contributed by atoms with Crippen molar-refractivity contribution >= 4 is 17.5 Å². The van der Waals surface area contributed by atoms with Crippen molar-refractivity contribution < 1.29 is 4.79 Å². The highest BCUT2D eigenvalue weighted by atomic mass is 16.2. The Morgan fingerprint density at radius 1 is 1.25 bits per heavy atom. The number of carbonyl (C=O) groups is 1. The molecule has 0 unspecified atom stereocenters. The summed E-state index contributed by atoms with van der Waals surface area (Å²) in [5.41, 5.74) is 6.70. The number of likely N-dealkylation sites (N-methyl/N-ethyl adjacent to an activating group) is 1. The molecule has 0 atom stereocenters. The van der Waals surface area contributed by atoms with Crippen LogP contribution in [0.15, 0.2) is 18.3 Å². The topological polar surface area (TPSA) is 65.7 Å². The number of anilines is 2. The highest BCUT2D eigenvalue weighted by molar-refractivity contribution is 5.76. The van der Waals surface area contributed by atoms with E-state index in [1.807, 2.05) is 24.1 Å². The molecular formula is C14H21N5O. The number of hydrogen-bond donors (Lipinski definition) is 1. The van der Waals surface area contributed by atoms with Crippen LogP contribution in [0.25, 0.3) is 0 Å². The van der Waals surface area contributed by atoms with E-state index in [0.717, 1.165) is 50.5 Å². The average molecular weight is 275 g/mol. The number of pyridine rings is 1. The van der Waals surface area contributed by atoms with E-state index in [1.165, 1.54) is 0 Å². The molecule has 2 amide bonds. The maximum Gasteiger partial charge on any atom is 0.320 e. The monoisotopic (exact) mass is 275 g/mol. The SMILES string of the molecule is CN1CCN(C2CCN(c3ncccc3N)CC2)C1=O. The Morgan fingerprint density at radius 2 is 2.00 bits per heavy atom. The highest BCUT2D eigenvalue weighted by Crippen LogP contribution is 2.26. The van der Waals surface area contributed by atoms with Gasteiger partial charge in [-0.05, 0) is 25.0 Å². The lowest BCUT2D eigenvalue weighted by atomic mass is 10.0. The second-order valence-corrected chi connectivity index (χ2v) is 5.53. The summed E-state index contributed by atoms with van der Waals surface area (Å²) in [5, 5.41) is 0. The number of amides is 2. The van der Waals surface area contributed by atoms with Gasteiger partial charge in [-0.1, -0.05) is 0 Å². The standard InChI is InChI=1S/C14H21N5O/c1-17-9-10-19(14(17)20)11-4-7-18(8-5-11)13-12(15)3-2-6-16-13/h2-3,6,11H,4-5,7-10,15H2,1H3. The van der Waals surface area contributed by atoms with Crippen LogP contribution >= 0.6 is 0 Å². The summed E-state index contributed by atoms with van der Waals surface area (Å²) >= 11 is 0. The quantitative estimate of drug-likeness (QED) is 0.874. The lowest BCUT2D eigenvalue weighted by Gasteiger charge is -2.37. The van der Waals surface area contributed by atoms with E-state index >= 15 is 0 Å². The third-order valence-corrected chi connectivity index (χ3v) is 4.27. The summed E-state index contributed by atoms with van der Waals surface area (Å²) in [4.78, 5) is 22.4. The molecule has 0 aliphatic carbocycles. The summed E-state index contributed by atoms with van der Waals surface area (Å²) in [6, 6.07) is 4.26. The van der Waals surface area contributed by atoms with Crippen LogP contribution in [0.4, 0.5) is 16.3 Å². The first-order chi connectivity index (χ1) is 9.66. The van der Waals surface area contributed by atoms with Crippen LogP contribution in [-0.2, 0) is 0 Å². The van der Waals surface area contributed by atoms with Gasteiger partial charge < -0.3 is 20.4 Å². The second kappa shape index (κ2) is 5.19. The van der Waals surface area contributed by atoms with Crippen molar-refractivity contribution in [2.75, 3.05) is 43.9 Å². The molecule has 0 spiro atoms. The number of piperidine rings is 1. The minimum absolute atomic E-state index is 0.167. The van der Waals surface area contributed by atoms with Gasteiger partial charge in [-0.25, -0.2) is 9.78 Å². The molecule has 0 saturated carbocycles. The molecule has 3 heterocycles. The summed E-state index contributed by atoms with van der Waals surface area (Å²) in [7, 11) is 1.87. The van der Waals surface area contributed by atoms with Gasteiger partial charge in [0.05, 0.1) is 5.69 Å². The highest BCUT2D eigenvalue weighted by Gasteiger charge is 2.33. The zero-order valence-corrected chi connectivity index (χ0v) is 11.8. The molecule has 0 bridgehead atoms. The predicted octanol–water partition coefficient (Wildman–Crippen LogP) is 1.000. The van der Waals surface area contributed by atoms with E-state index in [2.05, 4.69) is 9.88 Å². The molecule has 2 saturated heterocycles. The summed E-state index contributed by atoms with van der Waals surface area (Å²) in [6.45, 7) is 3.50. The van der Waals surface area contributed by atoms with Crippen LogP contribution in [0.5, 0.6) is 0 Å². The lowest BCUT2D eigenvalue weighted by molar-refractivity contribution is 0.173. The van der Waals surface area contributed by atoms with Gasteiger partial charge in [0, 0.05) is 45.5 Å². The van der Waals surface area contributed by atoms with Crippen molar-refractivity contribution in [2.45, 2.75) is 18.9 Å². The number of urea groups is 1. The lowest BCUT2D eigenvalue weighted by Crippen LogP contribution is -2.46. The Labute approximate surface area is 119 Å². The third kappa shape index (κ3) is 2.26. The fourth-order valence-electron chi connectivity index (χ4n) is 3.07. The summed E-state index contributed by atoms with van der Waals surface area (Å²) in [6.07, 6.45) is 3.74. The molecule has 2 aliphatic rings. The van der Waals surface area contributed by atoms with Crippen LogP contribution in [-0.4, -0.2) is 60.1 Å². The van der Waals surface area contributed by atoms with Crippen LogP contribution in [0.3, 0.4) is 0 Å². The first-order valence-corrected chi connectivity index (χ1v) is 7.14. The zero-order chi connectivity index (χ0) is 14.1. The van der Waals surface area contributed by atoms with Crippen LogP contribution in [0.1, 0.15) is 12.8 Å². The van der Waals surface area contributed by atoms with E-state index in [-0.39, 0.29) is 6.03 Å². The second-order valence-electron chi connectivity index (χ2n) is 5.53. The van der Waals surface area contributed by atoms with Gasteiger partial charge in [0.15, 0.2) is 5.82 Å². The fourth-order valence-corrected chi connectivity index (χ4v) is 3.07. The van der Waals surface area contributed by atoms with Crippen molar-refractivity contribution in [2.24, 2.45) is 0 Å². The number of carbonyl (C=O) groups excluding carboxylic acids is 1. The maximum atomic E-state index is 12.0. The van der Waals surface area contributed by atoms with Gasteiger partial charge in [0.1, 0.15) is 0 Å². The van der Waals surface area contributed by atoms with Crippen molar-refractivity contribution in [1.82, 2.24) is 14.8 Å². The van der Waals surface area contributed by atoms with Crippen molar-refractivity contribution in [3.63, 3.8) is 0 Å². The van der Waals surface area contributed by atoms with Gasteiger partial charge >= 0.3 is 6.03 Å². The molecule has 0 radical (unpaired) electrons. The van der Waals surface area contributed by atoms with Crippen LogP contribution in [0, 0.1) is 0 Å². The molecule has 20 heavy (non-hydrogen) atoms. The molecule has 1 aromatic heterocycles. The number of aromatic nitrogens is 1. The molecular weight excluding hydrogens is 254 g/mol. The first kappa shape index (κ1) is 13.0. The van der Waals surface area contributed by atoms with Crippen molar-refractivity contribution in [3.8, 4) is 0 Å². The van der Waals surface area contributed by atoms with Gasteiger partial charge in [-0.3, -0.25) is 0 Å². The molecule has 2 aliphatic heterocycles. The number of nitrogens with zero attached hydrogens (tertiary/aromatic N) is 4. The molecule has 0 aromatic carbocycles. The number of nitrogen functional groups attached to an aromatic ring is 1. The minimum Gasteiger partial charge on any atom is -0.396 e. The van der Waals surface area contributed by atoms with Crippen molar-refractivity contribution in [3.05, 3.63) is 18.3 Å². The van der Waals surface area contributed by atoms with Gasteiger partial charge in [-0.2, -0.15) is 0 Å². The largest absolute Gasteiger partial charge is 0.396 e. The van der Waals surface area contributed by atoms with Crippen molar-refractivity contribution in [1.29, 1.82) is 0 Å². The van der Waals surface area contributed by atoms with E-state index in [0.29, 0.717) is 6.04 Å². The Morgan fingerprint density at radius 3 is 2.60 bits per heavy atom. The van der Waals surface area contributed by atoms with Crippen LogP contribution < -0.4 is 10.6 Å². The Bertz CT molecular complexity index is 498. The zero-order valence-electron chi connectivity index (χ0n) is 11.8. The Kier molecular flexibility index (Phi) is 3.38. The fraction of sp³-hybridized carbons (Fsp3) is 0.571. The van der Waals surface area contributed by atoms with Gasteiger partial charge in [0.25, 0.3) is 0 Å². The molecule has 2 N–H and O–H groups in total. The number of nitrogens with two attached hydrogens (primary N) is 1. The predicted molar refractivity (Wildman–Crippen MR) is 78.6 cm³/mol. The normalized spacial score (nSPS) is 20.9. The molecule has 6 heteroatoms. The number of hydrogen-bond acceptors (Lipinski definition) is 4. The van der Waals surface area contributed by atoms with Crippen LogP contribution in [0.2, 0.25) is 0 Å². The average Bonchev–Trinajstić information content (AvgIpc) is 2.80. The van der Waals surface area contributed by atoms with E-state index in [1.54, 1.807) is 11.1 Å². The molecule has 2 fully saturated rings. The molecule has 6 nitrogen and oxygen atoms in total. The minimum atomic E-state index is 0.167. The van der Waals surface area contributed by atoms with Gasteiger partial charge in [0.2, 0.25) is 0 Å². The Hall–Kier alpha value is -1.98. The molecule has 108 valence electrons. The smallest absolute Gasteiger partial charge is 0.320 e. The van der Waals surface area contributed by atoms with E-state index < -0.39 is 0 Å². The van der Waals surface area contributed by atoms with Gasteiger partial charge in [-0.15, -0.1) is 0 Å². The molecule has 1 aromatic rings. The first-order valence-electron chi connectivity index (χ1n) is 7.14. The Balaban J connectivity index is 1.63. The molecule has 3 rings (SSSR count). The third-order valence-electron chi connectivity index (χ3n) is 4.27. The van der Waals surface area contributed by atoms with E-state index in [9.17, 15) is 4.79 Å². The number of rotatable bonds is 2. The summed E-state index contributed by atoms with van der Waals surface area (Å²) in [5.74, 6) is 0.871. The summed E-state index contributed by atoms with van der Waals surface area (Å²) < 4.78 is 0. The van der Waals surface area contributed by atoms with E-state index in [4.69, 9.17) is 5.73 Å². The maximum absolute atomic E-state index is 12.0.